The van der Waals surface area contributed by atoms with Crippen molar-refractivity contribution in [2.45, 2.75) is 26.3 Å². The molecule has 0 fully saturated rings. The van der Waals surface area contributed by atoms with Crippen LogP contribution < -0.4 is 4.90 Å². The number of methoxy groups -OCH3 is 1. The summed E-state index contributed by atoms with van der Waals surface area (Å²) in [5, 5.41) is 3.19. The number of carbonyl (C=O) groups excluding carboxylic acids is 2. The number of nitrogens with zero attached hydrogens (tertiary/aromatic N) is 2. The number of hydrogen-bond acceptors (Lipinski definition) is 6. The minimum absolute atomic E-state index is 0.250. The Morgan fingerprint density at radius 1 is 1.59 bits per heavy atom. The van der Waals surface area contributed by atoms with E-state index < -0.39 is 0 Å². The van der Waals surface area contributed by atoms with Gasteiger partial charge < -0.3 is 9.64 Å². The van der Waals surface area contributed by atoms with Gasteiger partial charge in [-0.1, -0.05) is 6.92 Å². The molecule has 96 valence electrons. The number of aromatic nitrogens is 1. The average Bonchev–Trinajstić information content (AvgIpc) is 2.78. The van der Waals surface area contributed by atoms with Crippen molar-refractivity contribution in [1.82, 2.24) is 4.98 Å². The summed E-state index contributed by atoms with van der Waals surface area (Å²) in [6, 6.07) is 0.371. The molecular weight excluding hydrogens is 240 g/mol. The molecule has 0 bridgehead atoms. The summed E-state index contributed by atoms with van der Waals surface area (Å²) in [7, 11) is 3.78. The number of aryl methyl sites for hydroxylation is 1. The van der Waals surface area contributed by atoms with Gasteiger partial charge in [0.2, 0.25) is 0 Å². The van der Waals surface area contributed by atoms with Gasteiger partial charge in [-0.05, 0) is 13.3 Å². The van der Waals surface area contributed by atoms with Crippen LogP contribution >= 0.6 is 11.3 Å². The van der Waals surface area contributed by atoms with Crippen LogP contribution in [0.15, 0.2) is 5.38 Å². The molecule has 0 aliphatic heterocycles. The van der Waals surface area contributed by atoms with Crippen LogP contribution in [0, 0.1) is 0 Å². The van der Waals surface area contributed by atoms with Crippen molar-refractivity contribution in [3.05, 3.63) is 11.1 Å². The lowest BCUT2D eigenvalue weighted by Gasteiger charge is -2.23. The lowest BCUT2D eigenvalue weighted by atomic mass is 10.3. The lowest BCUT2D eigenvalue weighted by Crippen LogP contribution is -2.32. The number of rotatable bonds is 5. The van der Waals surface area contributed by atoms with Crippen LogP contribution in [-0.4, -0.2) is 37.9 Å². The third kappa shape index (κ3) is 5.58. The first-order valence-corrected chi connectivity index (χ1v) is 6.14. The molecule has 1 aromatic heterocycles. The first-order valence-electron chi connectivity index (χ1n) is 5.26. The molecule has 0 aromatic carbocycles. The molecule has 0 aliphatic rings. The summed E-state index contributed by atoms with van der Waals surface area (Å²) in [5.74, 6) is 0. The second-order valence-electron chi connectivity index (χ2n) is 3.47. The Hall–Kier alpha value is -1.23. The molecule has 17 heavy (non-hydrogen) atoms. The second-order valence-corrected chi connectivity index (χ2v) is 4.31. The van der Waals surface area contributed by atoms with E-state index in [4.69, 9.17) is 14.3 Å². The van der Waals surface area contributed by atoms with Gasteiger partial charge in [0.15, 0.2) is 5.13 Å². The SMILES string of the molecule is CCc1csc(N(C)[C@@H](C)COC)n1.O=C=O. The molecule has 0 unspecified atom stereocenters. The van der Waals surface area contributed by atoms with Gasteiger partial charge in [0.25, 0.3) is 0 Å². The molecule has 0 N–H and O–H groups in total. The molecule has 0 saturated heterocycles. The van der Waals surface area contributed by atoms with Gasteiger partial charge in [0, 0.05) is 19.5 Å². The first-order chi connectivity index (χ1) is 8.10. The van der Waals surface area contributed by atoms with E-state index in [1.54, 1.807) is 18.4 Å². The Morgan fingerprint density at radius 3 is 2.59 bits per heavy atom. The van der Waals surface area contributed by atoms with Crippen LogP contribution in [0.4, 0.5) is 5.13 Å². The van der Waals surface area contributed by atoms with Crippen molar-refractivity contribution in [2.24, 2.45) is 0 Å². The van der Waals surface area contributed by atoms with Crippen LogP contribution in [0.1, 0.15) is 19.5 Å². The van der Waals surface area contributed by atoms with E-state index in [1.165, 1.54) is 5.69 Å². The molecule has 1 heterocycles. The minimum Gasteiger partial charge on any atom is -0.383 e. The second kappa shape index (κ2) is 8.87. The standard InChI is InChI=1S/C10H18N2OS.CO2/c1-5-9-7-14-10(11-9)12(3)8(2)6-13-4;2-1-3/h7-8H,5-6H2,1-4H3;/t8-;/m0./s1. The first kappa shape index (κ1) is 15.8. The minimum atomic E-state index is 0.250. The Labute approximate surface area is 105 Å². The predicted molar refractivity (Wildman–Crippen MR) is 66.2 cm³/mol. The molecule has 0 spiro atoms. The Balaban J connectivity index is 0.000000770. The molecule has 0 saturated carbocycles. The van der Waals surface area contributed by atoms with Crippen molar-refractivity contribution in [3.63, 3.8) is 0 Å². The quantitative estimate of drug-likeness (QED) is 0.802. The zero-order chi connectivity index (χ0) is 13.3. The van der Waals surface area contributed by atoms with Crippen molar-refractivity contribution in [3.8, 4) is 0 Å². The van der Waals surface area contributed by atoms with Gasteiger partial charge in [0.1, 0.15) is 0 Å². The largest absolute Gasteiger partial charge is 0.383 e. The summed E-state index contributed by atoms with van der Waals surface area (Å²) in [4.78, 5) is 22.9. The Bertz CT molecular complexity index is 348. The highest BCUT2D eigenvalue weighted by Gasteiger charge is 2.12. The molecule has 1 atom stereocenters. The summed E-state index contributed by atoms with van der Waals surface area (Å²) in [6.07, 6.45) is 1.25. The molecule has 1 rings (SSSR count). The molecule has 0 amide bonds. The third-order valence-corrected chi connectivity index (χ3v) is 3.25. The monoisotopic (exact) mass is 258 g/mol. The molecular formula is C11H18N2O3S. The lowest BCUT2D eigenvalue weighted by molar-refractivity contribution is -0.191. The van der Waals surface area contributed by atoms with Gasteiger partial charge in [-0.15, -0.1) is 11.3 Å². The highest BCUT2D eigenvalue weighted by atomic mass is 32.1. The van der Waals surface area contributed by atoms with E-state index in [9.17, 15) is 0 Å². The van der Waals surface area contributed by atoms with E-state index in [0.29, 0.717) is 6.04 Å². The topological polar surface area (TPSA) is 59.5 Å². The van der Waals surface area contributed by atoms with E-state index in [-0.39, 0.29) is 6.15 Å². The molecule has 6 heteroatoms. The molecule has 5 nitrogen and oxygen atoms in total. The highest BCUT2D eigenvalue weighted by Crippen LogP contribution is 2.21. The summed E-state index contributed by atoms with van der Waals surface area (Å²) >= 11 is 1.70. The third-order valence-electron chi connectivity index (χ3n) is 2.27. The average molecular weight is 258 g/mol. The normalized spacial score (nSPS) is 11.1. The Kier molecular flexibility index (Phi) is 8.23. The number of likely N-dealkylation sites (N-methyl/N-ethyl adjacent to an activating group) is 1. The molecule has 1 aromatic rings. The van der Waals surface area contributed by atoms with Crippen molar-refractivity contribution < 1.29 is 14.3 Å². The zero-order valence-corrected chi connectivity index (χ0v) is 11.4. The van der Waals surface area contributed by atoms with Crippen LogP contribution in [-0.2, 0) is 20.7 Å². The van der Waals surface area contributed by atoms with E-state index in [0.717, 1.165) is 18.2 Å². The zero-order valence-electron chi connectivity index (χ0n) is 10.6. The maximum atomic E-state index is 8.12. The van der Waals surface area contributed by atoms with Gasteiger partial charge in [-0.25, -0.2) is 4.98 Å². The maximum absolute atomic E-state index is 8.12. The summed E-state index contributed by atoms with van der Waals surface area (Å²) < 4.78 is 5.11. The molecule has 0 aliphatic carbocycles. The van der Waals surface area contributed by atoms with Gasteiger partial charge in [-0.3, -0.25) is 0 Å². The van der Waals surface area contributed by atoms with Gasteiger partial charge in [-0.2, -0.15) is 9.59 Å². The number of ether oxygens (including phenoxy) is 1. The van der Waals surface area contributed by atoms with Crippen molar-refractivity contribution >= 4 is 22.6 Å². The van der Waals surface area contributed by atoms with Gasteiger partial charge >= 0.3 is 6.15 Å². The number of anilines is 1. The van der Waals surface area contributed by atoms with Crippen molar-refractivity contribution in [2.75, 3.05) is 25.7 Å². The van der Waals surface area contributed by atoms with Crippen LogP contribution in [0.3, 0.4) is 0 Å². The van der Waals surface area contributed by atoms with Crippen molar-refractivity contribution in [1.29, 1.82) is 0 Å². The highest BCUT2D eigenvalue weighted by molar-refractivity contribution is 7.13. The van der Waals surface area contributed by atoms with E-state index >= 15 is 0 Å². The fourth-order valence-electron chi connectivity index (χ4n) is 1.16. The molecule has 0 radical (unpaired) electrons. The fourth-order valence-corrected chi connectivity index (χ4v) is 2.14. The summed E-state index contributed by atoms with van der Waals surface area (Å²) in [5.41, 5.74) is 1.17. The Morgan fingerprint density at radius 2 is 2.18 bits per heavy atom. The van der Waals surface area contributed by atoms with Crippen LogP contribution in [0.5, 0.6) is 0 Å². The maximum Gasteiger partial charge on any atom is 0.373 e. The fraction of sp³-hybridized carbons (Fsp3) is 0.636. The van der Waals surface area contributed by atoms with Gasteiger partial charge in [0.05, 0.1) is 18.3 Å². The van der Waals surface area contributed by atoms with E-state index in [2.05, 4.69) is 36.2 Å². The smallest absolute Gasteiger partial charge is 0.373 e. The van der Waals surface area contributed by atoms with Crippen LogP contribution in [0.25, 0.3) is 0 Å². The summed E-state index contributed by atoms with van der Waals surface area (Å²) in [6.45, 7) is 4.99. The number of hydrogen-bond donors (Lipinski definition) is 0. The number of thiazole rings is 1. The predicted octanol–water partition coefficient (Wildman–Crippen LogP) is 1.59. The van der Waals surface area contributed by atoms with Crippen LogP contribution in [0.2, 0.25) is 0 Å². The van der Waals surface area contributed by atoms with E-state index in [1.807, 2.05) is 0 Å².